The van der Waals surface area contributed by atoms with Gasteiger partial charge in [0.2, 0.25) is 6.71 Å². The van der Waals surface area contributed by atoms with Gasteiger partial charge in [0.1, 0.15) is 0 Å². The molecular formula is C34H41B. The van der Waals surface area contributed by atoms with Crippen LogP contribution in [-0.4, -0.2) is 6.71 Å². The van der Waals surface area contributed by atoms with Crippen molar-refractivity contribution in [3.63, 3.8) is 0 Å². The third-order valence-corrected chi connectivity index (χ3v) is 6.31. The second kappa shape index (κ2) is 13.5. The van der Waals surface area contributed by atoms with Crippen LogP contribution in [0.25, 0.3) is 6.08 Å². The summed E-state index contributed by atoms with van der Waals surface area (Å²) in [6, 6.07) is 19.5. The average Bonchev–Trinajstić information content (AvgIpc) is 2.79. The minimum atomic E-state index is 0.270. The predicted molar refractivity (Wildman–Crippen MR) is 161 cm³/mol. The van der Waals surface area contributed by atoms with Crippen LogP contribution in [0.4, 0.5) is 0 Å². The molecule has 0 nitrogen and oxygen atoms in total. The van der Waals surface area contributed by atoms with Crippen molar-refractivity contribution in [2.75, 3.05) is 0 Å². The minimum Gasteiger partial charge on any atom is -0.102 e. The molecule has 0 unspecified atom stereocenters. The zero-order valence-electron chi connectivity index (χ0n) is 22.9. The zero-order chi connectivity index (χ0) is 26.0. The van der Waals surface area contributed by atoms with E-state index in [1.165, 1.54) is 55.4 Å². The predicted octanol–water partition coefficient (Wildman–Crippen LogP) is 8.09. The van der Waals surface area contributed by atoms with E-state index in [1.807, 2.05) is 13.0 Å². The maximum Gasteiger partial charge on any atom is 0.235 e. The summed E-state index contributed by atoms with van der Waals surface area (Å²) in [5.41, 5.74) is 13.4. The summed E-state index contributed by atoms with van der Waals surface area (Å²) in [7, 11) is 0. The van der Waals surface area contributed by atoms with Gasteiger partial charge < -0.3 is 0 Å². The van der Waals surface area contributed by atoms with Crippen LogP contribution >= 0.6 is 0 Å². The van der Waals surface area contributed by atoms with E-state index in [9.17, 15) is 0 Å². The molecule has 0 spiro atoms. The highest BCUT2D eigenvalue weighted by atomic mass is 14.1. The maximum atomic E-state index is 3.66. The van der Waals surface area contributed by atoms with Crippen LogP contribution < -0.4 is 10.9 Å². The summed E-state index contributed by atoms with van der Waals surface area (Å²) >= 11 is 0. The van der Waals surface area contributed by atoms with Gasteiger partial charge in [-0.05, 0) is 61.0 Å². The van der Waals surface area contributed by atoms with E-state index in [0.29, 0.717) is 0 Å². The molecule has 0 aliphatic heterocycles. The number of benzene rings is 3. The summed E-state index contributed by atoms with van der Waals surface area (Å²) in [5, 5.41) is 0. The van der Waals surface area contributed by atoms with Crippen molar-refractivity contribution in [2.24, 2.45) is 0 Å². The first kappa shape index (κ1) is 27.9. The average molecular weight is 461 g/mol. The Morgan fingerprint density at radius 2 is 1.26 bits per heavy atom. The summed E-state index contributed by atoms with van der Waals surface area (Å²) in [6.07, 6.45) is 10.3. The first-order chi connectivity index (χ1) is 16.7. The summed E-state index contributed by atoms with van der Waals surface area (Å²) in [4.78, 5) is 0. The molecule has 35 heavy (non-hydrogen) atoms. The molecule has 180 valence electrons. The van der Waals surface area contributed by atoms with Gasteiger partial charge in [0.25, 0.3) is 0 Å². The second-order valence-electron chi connectivity index (χ2n) is 9.51. The topological polar surface area (TPSA) is 0 Å². The highest BCUT2D eigenvalue weighted by molar-refractivity contribution is 6.90. The third kappa shape index (κ3) is 8.14. The number of aryl methyl sites for hydroxylation is 6. The Bertz CT molecular complexity index is 1180. The lowest BCUT2D eigenvalue weighted by molar-refractivity contribution is 1.35. The standard InChI is InChI=1S/C25H31B.C9H10/c1-8-9-10-12-18(2)17-26(24-20(4)13-11-14-21(24)5)25-22(6)15-19(3)16-23(25)7;1-3-9-6-4-8(2)5-7-9/h8-17H,1-7H3;3-7H,1H2,2H3/b9-8+,12-10-,18-17+;. The van der Waals surface area contributed by atoms with E-state index in [1.54, 1.807) is 0 Å². The lowest BCUT2D eigenvalue weighted by Crippen LogP contribution is -2.46. The van der Waals surface area contributed by atoms with E-state index in [4.69, 9.17) is 0 Å². The SMILES string of the molecule is C/C=C/C=C\C(C)=C\B(c1c(C)cccc1C)c1c(C)cc(C)cc1C.C=Cc1ccc(C)cc1. The van der Waals surface area contributed by atoms with Gasteiger partial charge in [-0.25, -0.2) is 0 Å². The Labute approximate surface area is 214 Å². The quantitative estimate of drug-likeness (QED) is 0.258. The van der Waals surface area contributed by atoms with Gasteiger partial charge in [0.05, 0.1) is 0 Å². The molecule has 0 radical (unpaired) electrons. The van der Waals surface area contributed by atoms with Gasteiger partial charge in [0.15, 0.2) is 0 Å². The van der Waals surface area contributed by atoms with Gasteiger partial charge in [-0.1, -0.05) is 141 Å². The first-order valence-corrected chi connectivity index (χ1v) is 12.5. The van der Waals surface area contributed by atoms with Gasteiger partial charge >= 0.3 is 0 Å². The van der Waals surface area contributed by atoms with Crippen LogP contribution in [0, 0.1) is 41.5 Å². The van der Waals surface area contributed by atoms with E-state index in [2.05, 4.69) is 140 Å². The molecule has 0 aromatic heterocycles. The van der Waals surface area contributed by atoms with E-state index in [-0.39, 0.29) is 6.71 Å². The van der Waals surface area contributed by atoms with Crippen LogP contribution in [-0.2, 0) is 0 Å². The fourth-order valence-electron chi connectivity index (χ4n) is 4.65. The molecule has 0 heterocycles. The van der Waals surface area contributed by atoms with Gasteiger partial charge in [0, 0.05) is 0 Å². The summed E-state index contributed by atoms with van der Waals surface area (Å²) in [5.74, 6) is 2.42. The molecule has 0 fully saturated rings. The molecule has 0 aliphatic rings. The molecule has 0 bridgehead atoms. The van der Waals surface area contributed by atoms with Gasteiger partial charge in [-0.15, -0.1) is 5.98 Å². The van der Waals surface area contributed by atoms with Crippen molar-refractivity contribution in [3.8, 4) is 0 Å². The molecule has 0 aliphatic carbocycles. The molecule has 0 amide bonds. The Morgan fingerprint density at radius 3 is 1.77 bits per heavy atom. The van der Waals surface area contributed by atoms with Gasteiger partial charge in [-0.3, -0.25) is 0 Å². The highest BCUT2D eigenvalue weighted by Gasteiger charge is 2.24. The Morgan fingerprint density at radius 1 is 0.714 bits per heavy atom. The molecule has 3 aromatic carbocycles. The molecule has 0 saturated heterocycles. The fourth-order valence-corrected chi connectivity index (χ4v) is 4.65. The van der Waals surface area contributed by atoms with Crippen molar-refractivity contribution < 1.29 is 0 Å². The van der Waals surface area contributed by atoms with Crippen LogP contribution in [0.2, 0.25) is 0 Å². The lowest BCUT2D eigenvalue weighted by Gasteiger charge is -2.21. The van der Waals surface area contributed by atoms with Crippen LogP contribution in [0.3, 0.4) is 0 Å². The van der Waals surface area contributed by atoms with Crippen LogP contribution in [0.1, 0.15) is 52.8 Å². The molecule has 3 rings (SSSR count). The molecule has 3 aromatic rings. The molecule has 0 N–H and O–H groups in total. The number of rotatable bonds is 6. The van der Waals surface area contributed by atoms with Crippen molar-refractivity contribution in [1.82, 2.24) is 0 Å². The lowest BCUT2D eigenvalue weighted by atomic mass is 9.37. The number of allylic oxidation sites excluding steroid dienone is 5. The Balaban J connectivity index is 0.000000402. The first-order valence-electron chi connectivity index (χ1n) is 12.5. The Hall–Kier alpha value is -3.32. The molecular weight excluding hydrogens is 419 g/mol. The van der Waals surface area contributed by atoms with Gasteiger partial charge in [-0.2, -0.15) is 0 Å². The highest BCUT2D eigenvalue weighted by Crippen LogP contribution is 2.13. The third-order valence-electron chi connectivity index (χ3n) is 6.31. The fraction of sp³-hybridized carbons (Fsp3) is 0.235. The van der Waals surface area contributed by atoms with E-state index >= 15 is 0 Å². The minimum absolute atomic E-state index is 0.270. The molecule has 0 saturated carbocycles. The normalized spacial score (nSPS) is 11.5. The Kier molecular flexibility index (Phi) is 10.8. The van der Waals surface area contributed by atoms with Crippen molar-refractivity contribution in [1.29, 1.82) is 0 Å². The maximum absolute atomic E-state index is 3.66. The number of hydrogen-bond acceptors (Lipinski definition) is 0. The summed E-state index contributed by atoms with van der Waals surface area (Å²) in [6.45, 7) is 21.4. The van der Waals surface area contributed by atoms with Crippen LogP contribution in [0.15, 0.2) is 97.0 Å². The van der Waals surface area contributed by atoms with Crippen molar-refractivity contribution in [3.05, 3.63) is 136 Å². The summed E-state index contributed by atoms with van der Waals surface area (Å²) < 4.78 is 0. The van der Waals surface area contributed by atoms with Crippen LogP contribution in [0.5, 0.6) is 0 Å². The van der Waals surface area contributed by atoms with Crippen molar-refractivity contribution >= 4 is 23.7 Å². The van der Waals surface area contributed by atoms with E-state index < -0.39 is 0 Å². The smallest absolute Gasteiger partial charge is 0.102 e. The van der Waals surface area contributed by atoms with E-state index in [0.717, 1.165) is 0 Å². The largest absolute Gasteiger partial charge is 0.235 e. The monoisotopic (exact) mass is 460 g/mol. The second-order valence-corrected chi connectivity index (χ2v) is 9.51. The number of hydrogen-bond donors (Lipinski definition) is 0. The zero-order valence-corrected chi connectivity index (χ0v) is 22.9. The molecule has 1 heteroatoms. The van der Waals surface area contributed by atoms with Crippen molar-refractivity contribution in [2.45, 2.75) is 55.4 Å². The molecule has 0 atom stereocenters.